The summed E-state index contributed by atoms with van der Waals surface area (Å²) >= 11 is 6.28. The standard InChI is InChI=1S/C25H23ClN4O3/c1-15(31)27-22(16-7-10-18(33-2)11-8-16)14-24(32)28-17-9-12-21-23(13-17)30-25(29-21)19-5-3-4-6-20(19)26/h3-13,22H,14H2,1-2H3,(H,27,31)(H,28,32)(H,29,30)/t22-/m0/s1. The van der Waals surface area contributed by atoms with Gasteiger partial charge in [-0.2, -0.15) is 0 Å². The molecule has 0 spiro atoms. The minimum absolute atomic E-state index is 0.0811. The number of rotatable bonds is 7. The topological polar surface area (TPSA) is 96.1 Å². The quantitative estimate of drug-likeness (QED) is 0.356. The van der Waals surface area contributed by atoms with Crippen LogP contribution in [0.3, 0.4) is 0 Å². The number of carbonyl (C=O) groups is 2. The molecule has 1 heterocycles. The summed E-state index contributed by atoms with van der Waals surface area (Å²) in [5, 5.41) is 6.34. The molecule has 4 aromatic rings. The van der Waals surface area contributed by atoms with Crippen LogP contribution in [0.2, 0.25) is 5.02 Å². The summed E-state index contributed by atoms with van der Waals surface area (Å²) < 4.78 is 5.18. The maximum absolute atomic E-state index is 12.8. The number of hydrogen-bond acceptors (Lipinski definition) is 4. The molecule has 0 aliphatic carbocycles. The SMILES string of the molecule is COc1ccc([C@H](CC(=O)Nc2ccc3nc(-c4ccccc4Cl)[nH]c3c2)NC(C)=O)cc1. The van der Waals surface area contributed by atoms with E-state index in [1.54, 1.807) is 25.3 Å². The molecule has 168 valence electrons. The molecule has 33 heavy (non-hydrogen) atoms. The molecule has 0 saturated heterocycles. The van der Waals surface area contributed by atoms with Crippen LogP contribution in [-0.2, 0) is 9.59 Å². The van der Waals surface area contributed by atoms with Crippen molar-refractivity contribution in [3.05, 3.63) is 77.3 Å². The Labute approximate surface area is 196 Å². The number of methoxy groups -OCH3 is 1. The Balaban J connectivity index is 1.50. The Bertz CT molecular complexity index is 1300. The van der Waals surface area contributed by atoms with Crippen LogP contribution in [0, 0.1) is 0 Å². The Morgan fingerprint density at radius 3 is 2.55 bits per heavy atom. The van der Waals surface area contributed by atoms with E-state index in [2.05, 4.69) is 20.6 Å². The predicted molar refractivity (Wildman–Crippen MR) is 129 cm³/mol. The average molecular weight is 463 g/mol. The van der Waals surface area contributed by atoms with Crippen LogP contribution in [0.15, 0.2) is 66.7 Å². The van der Waals surface area contributed by atoms with Gasteiger partial charge in [-0.05, 0) is 48.0 Å². The molecule has 0 unspecified atom stereocenters. The molecule has 0 radical (unpaired) electrons. The number of anilines is 1. The van der Waals surface area contributed by atoms with E-state index in [0.717, 1.165) is 22.2 Å². The van der Waals surface area contributed by atoms with E-state index in [1.165, 1.54) is 6.92 Å². The van der Waals surface area contributed by atoms with Gasteiger partial charge in [0.15, 0.2) is 0 Å². The van der Waals surface area contributed by atoms with Crippen molar-refractivity contribution in [3.8, 4) is 17.1 Å². The minimum atomic E-state index is -0.462. The number of nitrogens with zero attached hydrogens (tertiary/aromatic N) is 1. The molecule has 2 amide bonds. The largest absolute Gasteiger partial charge is 0.497 e. The first-order valence-electron chi connectivity index (χ1n) is 10.4. The number of benzene rings is 3. The molecule has 0 saturated carbocycles. The number of carbonyl (C=O) groups excluding carboxylic acids is 2. The van der Waals surface area contributed by atoms with Gasteiger partial charge in [0.05, 0.1) is 35.6 Å². The summed E-state index contributed by atoms with van der Waals surface area (Å²) in [5.74, 6) is 0.919. The highest BCUT2D eigenvalue weighted by Crippen LogP contribution is 2.28. The van der Waals surface area contributed by atoms with Crippen LogP contribution in [0.5, 0.6) is 5.75 Å². The first kappa shape index (κ1) is 22.4. The molecule has 7 nitrogen and oxygen atoms in total. The van der Waals surface area contributed by atoms with Crippen molar-refractivity contribution in [1.82, 2.24) is 15.3 Å². The highest BCUT2D eigenvalue weighted by Gasteiger charge is 2.18. The van der Waals surface area contributed by atoms with Gasteiger partial charge in [-0.3, -0.25) is 9.59 Å². The molecule has 1 atom stereocenters. The van der Waals surface area contributed by atoms with Crippen LogP contribution < -0.4 is 15.4 Å². The highest BCUT2D eigenvalue weighted by atomic mass is 35.5. The molecule has 0 aliphatic rings. The van der Waals surface area contributed by atoms with E-state index in [4.69, 9.17) is 16.3 Å². The molecule has 4 rings (SSSR count). The first-order chi connectivity index (χ1) is 15.9. The Morgan fingerprint density at radius 1 is 1.09 bits per heavy atom. The Morgan fingerprint density at radius 2 is 1.85 bits per heavy atom. The number of hydrogen-bond donors (Lipinski definition) is 3. The van der Waals surface area contributed by atoms with Crippen LogP contribution >= 0.6 is 11.6 Å². The Hall–Kier alpha value is -3.84. The van der Waals surface area contributed by atoms with Crippen molar-refractivity contribution < 1.29 is 14.3 Å². The third-order valence-electron chi connectivity index (χ3n) is 5.18. The number of imidazole rings is 1. The monoisotopic (exact) mass is 462 g/mol. The second kappa shape index (κ2) is 9.75. The number of ether oxygens (including phenoxy) is 1. The number of nitrogens with one attached hydrogen (secondary N) is 3. The van der Waals surface area contributed by atoms with E-state index in [0.29, 0.717) is 22.3 Å². The third-order valence-corrected chi connectivity index (χ3v) is 5.51. The van der Waals surface area contributed by atoms with Crippen molar-refractivity contribution >= 4 is 40.1 Å². The molecule has 0 fully saturated rings. The van der Waals surface area contributed by atoms with Crippen molar-refractivity contribution in [2.75, 3.05) is 12.4 Å². The van der Waals surface area contributed by atoms with E-state index in [1.807, 2.05) is 48.5 Å². The van der Waals surface area contributed by atoms with Crippen molar-refractivity contribution in [1.29, 1.82) is 0 Å². The van der Waals surface area contributed by atoms with Crippen LogP contribution in [-0.4, -0.2) is 28.9 Å². The molecule has 0 bridgehead atoms. The normalized spacial score (nSPS) is 11.7. The van der Waals surface area contributed by atoms with Gasteiger partial charge in [-0.25, -0.2) is 4.98 Å². The fourth-order valence-electron chi connectivity index (χ4n) is 3.60. The lowest BCUT2D eigenvalue weighted by Crippen LogP contribution is -2.29. The second-order valence-corrected chi connectivity index (χ2v) is 7.98. The lowest BCUT2D eigenvalue weighted by molar-refractivity contribution is -0.120. The summed E-state index contributed by atoms with van der Waals surface area (Å²) in [7, 11) is 1.58. The van der Waals surface area contributed by atoms with Crippen LogP contribution in [0.4, 0.5) is 5.69 Å². The Kier molecular flexibility index (Phi) is 6.60. The van der Waals surface area contributed by atoms with Crippen LogP contribution in [0.1, 0.15) is 24.9 Å². The van der Waals surface area contributed by atoms with Gasteiger partial charge in [0, 0.05) is 18.2 Å². The van der Waals surface area contributed by atoms with Crippen molar-refractivity contribution in [2.45, 2.75) is 19.4 Å². The molecule has 0 aliphatic heterocycles. The van der Waals surface area contributed by atoms with Crippen molar-refractivity contribution in [2.24, 2.45) is 0 Å². The lowest BCUT2D eigenvalue weighted by atomic mass is 10.0. The maximum Gasteiger partial charge on any atom is 0.226 e. The number of aromatic amines is 1. The lowest BCUT2D eigenvalue weighted by Gasteiger charge is -2.18. The van der Waals surface area contributed by atoms with Gasteiger partial charge in [0.2, 0.25) is 11.8 Å². The van der Waals surface area contributed by atoms with Gasteiger partial charge in [0.25, 0.3) is 0 Å². The van der Waals surface area contributed by atoms with Gasteiger partial charge in [-0.15, -0.1) is 0 Å². The first-order valence-corrected chi connectivity index (χ1v) is 10.8. The second-order valence-electron chi connectivity index (χ2n) is 7.58. The van der Waals surface area contributed by atoms with Gasteiger partial charge >= 0.3 is 0 Å². The molecule has 3 N–H and O–H groups in total. The molecule has 3 aromatic carbocycles. The summed E-state index contributed by atoms with van der Waals surface area (Å²) in [6.45, 7) is 1.43. The zero-order valence-electron chi connectivity index (χ0n) is 18.2. The summed E-state index contributed by atoms with van der Waals surface area (Å²) in [6.07, 6.45) is 0.0811. The number of amides is 2. The number of aromatic nitrogens is 2. The number of halogens is 1. The minimum Gasteiger partial charge on any atom is -0.497 e. The summed E-state index contributed by atoms with van der Waals surface area (Å²) in [6, 6.07) is 19.7. The maximum atomic E-state index is 12.8. The molecule has 1 aromatic heterocycles. The third kappa shape index (κ3) is 5.32. The predicted octanol–water partition coefficient (Wildman–Crippen LogP) is 5.10. The highest BCUT2D eigenvalue weighted by molar-refractivity contribution is 6.33. The zero-order valence-corrected chi connectivity index (χ0v) is 18.9. The molecule has 8 heteroatoms. The van der Waals surface area contributed by atoms with Gasteiger partial charge in [0.1, 0.15) is 11.6 Å². The van der Waals surface area contributed by atoms with E-state index in [9.17, 15) is 9.59 Å². The van der Waals surface area contributed by atoms with E-state index >= 15 is 0 Å². The fourth-order valence-corrected chi connectivity index (χ4v) is 3.82. The molecular formula is C25H23ClN4O3. The smallest absolute Gasteiger partial charge is 0.226 e. The van der Waals surface area contributed by atoms with Gasteiger partial charge in [-0.1, -0.05) is 35.9 Å². The molecular weight excluding hydrogens is 440 g/mol. The summed E-state index contributed by atoms with van der Waals surface area (Å²) in [5.41, 5.74) is 3.78. The number of fused-ring (bicyclic) bond motifs is 1. The van der Waals surface area contributed by atoms with Crippen LogP contribution in [0.25, 0.3) is 22.4 Å². The van der Waals surface area contributed by atoms with Gasteiger partial charge < -0.3 is 20.4 Å². The average Bonchev–Trinajstić information content (AvgIpc) is 3.22. The van der Waals surface area contributed by atoms with E-state index < -0.39 is 6.04 Å². The van der Waals surface area contributed by atoms with Crippen molar-refractivity contribution in [3.63, 3.8) is 0 Å². The zero-order chi connectivity index (χ0) is 23.4. The fraction of sp³-hybridized carbons (Fsp3) is 0.160. The number of H-pyrrole nitrogens is 1. The summed E-state index contributed by atoms with van der Waals surface area (Å²) in [4.78, 5) is 32.3. The van der Waals surface area contributed by atoms with E-state index in [-0.39, 0.29) is 18.2 Å².